The Hall–Kier alpha value is -2.94. The molecule has 0 saturated carbocycles. The highest BCUT2D eigenvalue weighted by Gasteiger charge is 2.34. The Labute approximate surface area is 182 Å². The number of thiazole rings is 1. The number of nitrogens with zero attached hydrogens (tertiary/aromatic N) is 3. The van der Waals surface area contributed by atoms with Crippen molar-refractivity contribution in [2.24, 2.45) is 5.10 Å². The molecule has 1 atom stereocenters. The molecule has 5 rings (SSSR count). The summed E-state index contributed by atoms with van der Waals surface area (Å²) < 4.78 is 6.43. The van der Waals surface area contributed by atoms with Crippen LogP contribution >= 0.6 is 11.3 Å². The van der Waals surface area contributed by atoms with Crippen molar-refractivity contribution in [1.82, 2.24) is 10.4 Å². The van der Waals surface area contributed by atoms with Crippen LogP contribution in [0.4, 0.5) is 10.8 Å². The van der Waals surface area contributed by atoms with E-state index in [1.165, 1.54) is 0 Å². The first-order valence-corrected chi connectivity index (χ1v) is 9.71. The zero-order valence-corrected chi connectivity index (χ0v) is 17.9. The van der Waals surface area contributed by atoms with Gasteiger partial charge in [-0.05, 0) is 46.6 Å². The number of halogens is 1. The fraction of sp³-hybridized carbons (Fsp3) is 0.0476. The van der Waals surface area contributed by atoms with Crippen LogP contribution < -0.4 is 37.4 Å². The molecular formula is C21H18BrN5OS. The molecule has 1 aliphatic rings. The Bertz CT molecular complexity index is 1110. The van der Waals surface area contributed by atoms with Crippen LogP contribution in [0.2, 0.25) is 0 Å². The lowest BCUT2D eigenvalue weighted by Crippen LogP contribution is -3.10. The summed E-state index contributed by atoms with van der Waals surface area (Å²) in [4.78, 5) is 4.80. The monoisotopic (exact) mass is 467 g/mol. The number of aromatic nitrogens is 1. The summed E-state index contributed by atoms with van der Waals surface area (Å²) in [6.45, 7) is 0. The molecule has 0 spiro atoms. The number of para-hydroxylation sites is 1. The summed E-state index contributed by atoms with van der Waals surface area (Å²) >= 11 is 1.64. The van der Waals surface area contributed by atoms with E-state index in [0.717, 1.165) is 43.3 Å². The number of rotatable bonds is 4. The quantitative estimate of drug-likeness (QED) is 0.447. The van der Waals surface area contributed by atoms with Crippen molar-refractivity contribution in [2.75, 3.05) is 12.2 Å². The number of fused-ring (bicyclic) bond motifs is 1. The summed E-state index contributed by atoms with van der Waals surface area (Å²) in [5, 5.41) is 8.51. The molecule has 3 aromatic carbocycles. The Morgan fingerprint density at radius 2 is 1.66 bits per heavy atom. The minimum absolute atomic E-state index is 0. The molecule has 0 radical (unpaired) electrons. The van der Waals surface area contributed by atoms with Gasteiger partial charge in [0.1, 0.15) is 11.4 Å². The van der Waals surface area contributed by atoms with E-state index in [-0.39, 0.29) is 17.0 Å². The summed E-state index contributed by atoms with van der Waals surface area (Å²) in [5.74, 6) is 1.61. The average Bonchev–Trinajstić information content (AvgIpc) is 3.39. The van der Waals surface area contributed by atoms with Gasteiger partial charge in [-0.1, -0.05) is 58.9 Å². The molecule has 0 aliphatic carbocycles. The Kier molecular flexibility index (Phi) is 5.48. The second kappa shape index (κ2) is 8.20. The summed E-state index contributed by atoms with van der Waals surface area (Å²) in [5.41, 5.74) is 6.39. The number of nitrogens with one attached hydrogen (secondary N) is 2. The maximum Gasteiger partial charge on any atom is 0.339 e. The first-order valence-electron chi connectivity index (χ1n) is 8.90. The van der Waals surface area contributed by atoms with Crippen molar-refractivity contribution in [2.45, 2.75) is 0 Å². The van der Waals surface area contributed by atoms with Crippen molar-refractivity contribution in [1.29, 1.82) is 0 Å². The summed E-state index contributed by atoms with van der Waals surface area (Å²) in [6.07, 6.45) is 0. The zero-order valence-electron chi connectivity index (χ0n) is 15.5. The number of hydrogen-bond acceptors (Lipinski definition) is 6. The van der Waals surface area contributed by atoms with Gasteiger partial charge in [0.05, 0.1) is 17.3 Å². The van der Waals surface area contributed by atoms with Gasteiger partial charge in [-0.3, -0.25) is 0 Å². The van der Waals surface area contributed by atoms with Crippen LogP contribution in [0.1, 0.15) is 5.56 Å². The predicted molar refractivity (Wildman–Crippen MR) is 112 cm³/mol. The smallest absolute Gasteiger partial charge is 0.339 e. The van der Waals surface area contributed by atoms with Crippen LogP contribution in [0.5, 0.6) is 5.75 Å². The van der Waals surface area contributed by atoms with Gasteiger partial charge in [0.25, 0.3) is 0 Å². The van der Waals surface area contributed by atoms with E-state index in [1.807, 2.05) is 77.9 Å². The Balaban J connectivity index is 0.00000205. The molecule has 2 heterocycles. The van der Waals surface area contributed by atoms with E-state index >= 15 is 0 Å². The molecular weight excluding hydrogens is 450 g/mol. The van der Waals surface area contributed by atoms with Gasteiger partial charge >= 0.3 is 5.13 Å². The average molecular weight is 468 g/mol. The van der Waals surface area contributed by atoms with E-state index in [2.05, 4.69) is 11.5 Å². The molecule has 0 amide bonds. The molecule has 146 valence electrons. The molecule has 0 saturated heterocycles. The van der Waals surface area contributed by atoms with Crippen molar-refractivity contribution in [3.05, 3.63) is 84.4 Å². The molecule has 4 aromatic rings. The lowest BCUT2D eigenvalue weighted by atomic mass is 10.2. The minimum Gasteiger partial charge on any atom is -1.00 e. The highest BCUT2D eigenvalue weighted by molar-refractivity contribution is 7.21. The zero-order chi connectivity index (χ0) is 18.9. The molecule has 0 fully saturated rings. The van der Waals surface area contributed by atoms with Crippen molar-refractivity contribution >= 4 is 38.2 Å². The van der Waals surface area contributed by atoms with Gasteiger partial charge in [0, 0.05) is 5.56 Å². The third kappa shape index (κ3) is 3.69. The third-order valence-corrected chi connectivity index (χ3v) is 5.54. The number of hydrogen-bond donors (Lipinski definition) is 2. The molecule has 2 N–H and O–H groups in total. The SMILES string of the molecule is COc1ccc(N2NC(c3ccccc3)=N[NH+]2c2nc3ccccc3s2)cc1.[Br-]. The second-order valence-corrected chi connectivity index (χ2v) is 7.31. The summed E-state index contributed by atoms with van der Waals surface area (Å²) in [6, 6.07) is 26.1. The third-order valence-electron chi connectivity index (χ3n) is 4.51. The summed E-state index contributed by atoms with van der Waals surface area (Å²) in [7, 11) is 1.67. The van der Waals surface area contributed by atoms with Gasteiger partial charge in [-0.25, -0.2) is 5.43 Å². The Morgan fingerprint density at radius 3 is 2.38 bits per heavy atom. The van der Waals surface area contributed by atoms with E-state index in [1.54, 1.807) is 18.4 Å². The maximum atomic E-state index is 5.29. The van der Waals surface area contributed by atoms with Crippen LogP contribution in [-0.4, -0.2) is 17.9 Å². The molecule has 6 nitrogen and oxygen atoms in total. The van der Waals surface area contributed by atoms with Crippen molar-refractivity contribution in [3.8, 4) is 5.75 Å². The number of methoxy groups -OCH3 is 1. The molecule has 29 heavy (non-hydrogen) atoms. The first kappa shape index (κ1) is 19.4. The fourth-order valence-corrected chi connectivity index (χ4v) is 4.04. The van der Waals surface area contributed by atoms with Gasteiger partial charge in [-0.2, -0.15) is 4.98 Å². The van der Waals surface area contributed by atoms with Crippen LogP contribution in [0, 0.1) is 0 Å². The number of quaternary nitrogens is 1. The molecule has 8 heteroatoms. The number of benzene rings is 3. The number of amidine groups is 1. The first-order chi connectivity index (χ1) is 13.8. The van der Waals surface area contributed by atoms with Crippen LogP contribution in [0.3, 0.4) is 0 Å². The van der Waals surface area contributed by atoms with Gasteiger partial charge in [-0.15, -0.1) is 0 Å². The highest BCUT2D eigenvalue weighted by Crippen LogP contribution is 2.25. The van der Waals surface area contributed by atoms with Gasteiger partial charge in [0.15, 0.2) is 0 Å². The van der Waals surface area contributed by atoms with Crippen LogP contribution in [0.15, 0.2) is 84.0 Å². The number of hydrazine groups is 1. The van der Waals surface area contributed by atoms with Crippen molar-refractivity contribution in [3.63, 3.8) is 0 Å². The fourth-order valence-electron chi connectivity index (χ4n) is 3.09. The molecule has 1 aromatic heterocycles. The Morgan fingerprint density at radius 1 is 0.931 bits per heavy atom. The number of anilines is 1. The largest absolute Gasteiger partial charge is 1.00 e. The second-order valence-electron chi connectivity index (χ2n) is 6.28. The van der Waals surface area contributed by atoms with E-state index in [4.69, 9.17) is 14.8 Å². The predicted octanol–water partition coefficient (Wildman–Crippen LogP) is 0.127. The normalized spacial score (nSPS) is 15.6. The number of ether oxygens (including phenoxy) is 1. The molecule has 1 unspecified atom stereocenters. The molecule has 0 bridgehead atoms. The highest BCUT2D eigenvalue weighted by atomic mass is 79.9. The van der Waals surface area contributed by atoms with Gasteiger partial charge < -0.3 is 21.7 Å². The van der Waals surface area contributed by atoms with E-state index < -0.39 is 0 Å². The lowest BCUT2D eigenvalue weighted by Gasteiger charge is -2.19. The van der Waals surface area contributed by atoms with Crippen LogP contribution in [-0.2, 0) is 0 Å². The lowest BCUT2D eigenvalue weighted by molar-refractivity contribution is -0.846. The van der Waals surface area contributed by atoms with E-state index in [9.17, 15) is 0 Å². The standard InChI is InChI=1S/C21H17N5OS.BrH/c1-27-17-13-11-16(12-14-17)25-23-20(15-7-3-2-4-8-15)24-26(25)21-22-18-9-5-6-10-19(18)28-21;/h2-14H,1H3,(H,23,24);1H. The molecule has 1 aliphatic heterocycles. The van der Waals surface area contributed by atoms with E-state index in [0.29, 0.717) is 0 Å². The van der Waals surface area contributed by atoms with Crippen molar-refractivity contribution < 1.29 is 26.8 Å². The minimum atomic E-state index is 0. The maximum absolute atomic E-state index is 5.29. The topological polar surface area (TPSA) is 54.2 Å². The van der Waals surface area contributed by atoms with Crippen LogP contribution in [0.25, 0.3) is 10.2 Å². The van der Waals surface area contributed by atoms with Gasteiger partial charge in [0.2, 0.25) is 5.84 Å².